The number of likely N-dealkylation sites (tertiary alicyclic amines) is 1. The van der Waals surface area contributed by atoms with Crippen LogP contribution in [0.1, 0.15) is 53.2 Å². The Balaban J connectivity index is 1.68. The summed E-state index contributed by atoms with van der Waals surface area (Å²) in [6, 6.07) is 4.33. The van der Waals surface area contributed by atoms with Crippen LogP contribution in [-0.2, 0) is 6.18 Å². The first-order valence-corrected chi connectivity index (χ1v) is 13.6. The summed E-state index contributed by atoms with van der Waals surface area (Å²) < 4.78 is 67.6. The number of furan rings is 1. The number of carbonyl (C=O) groups is 1. The molecule has 0 aliphatic carbocycles. The molecule has 2 aromatic heterocycles. The maximum absolute atomic E-state index is 14.0. The fourth-order valence-corrected chi connectivity index (χ4v) is 5.24. The lowest BCUT2D eigenvalue weighted by molar-refractivity contribution is -0.138. The molecule has 1 aliphatic rings. The van der Waals surface area contributed by atoms with E-state index in [1.165, 1.54) is 11.9 Å². The molecule has 0 saturated carbocycles. The number of anilines is 3. The third kappa shape index (κ3) is 6.24. The zero-order valence-corrected chi connectivity index (χ0v) is 23.3. The number of nitrogens with zero attached hydrogens (tertiary/aromatic N) is 4. The number of phenols is 1. The number of rotatable bonds is 8. The molecule has 4 rings (SSSR count). The van der Waals surface area contributed by atoms with Crippen LogP contribution in [0.5, 0.6) is 5.75 Å². The van der Waals surface area contributed by atoms with Gasteiger partial charge in [0.2, 0.25) is 11.6 Å². The van der Waals surface area contributed by atoms with E-state index in [4.69, 9.17) is 4.42 Å². The normalized spacial score (nSPS) is 16.1. The van der Waals surface area contributed by atoms with E-state index in [0.717, 1.165) is 12.1 Å². The summed E-state index contributed by atoms with van der Waals surface area (Å²) in [6.45, 7) is 8.84. The van der Waals surface area contributed by atoms with Crippen LogP contribution in [0.2, 0.25) is 0 Å². The second kappa shape index (κ2) is 11.5. The molecule has 0 spiro atoms. The number of benzene rings is 1. The number of nitrogens with one attached hydrogen (secondary N) is 2. The molecule has 1 amide bonds. The lowest BCUT2D eigenvalue weighted by atomic mass is 9.99. The molecule has 40 heavy (non-hydrogen) atoms. The molecule has 3 heterocycles. The number of piperidine rings is 1. The summed E-state index contributed by atoms with van der Waals surface area (Å²) in [5, 5.41) is 16.7. The first kappa shape index (κ1) is 29.4. The fraction of sp³-hybridized carbons (Fsp3) is 0.423. The summed E-state index contributed by atoms with van der Waals surface area (Å²) in [4.78, 5) is 16.7. The fourth-order valence-electron chi connectivity index (χ4n) is 4.62. The van der Waals surface area contributed by atoms with Crippen molar-refractivity contribution in [1.29, 1.82) is 0 Å². The minimum atomic E-state index is -4.90. The molecule has 1 saturated heterocycles. The number of hydrogen-bond donors (Lipinski definition) is 3. The molecule has 0 bridgehead atoms. The van der Waals surface area contributed by atoms with Crippen molar-refractivity contribution in [2.45, 2.75) is 44.9 Å². The van der Waals surface area contributed by atoms with Crippen molar-refractivity contribution < 1.29 is 32.0 Å². The number of alkyl halides is 3. The molecule has 2 atom stereocenters. The van der Waals surface area contributed by atoms with Gasteiger partial charge in [0.25, 0.3) is 5.91 Å². The van der Waals surface area contributed by atoms with Crippen LogP contribution in [-0.4, -0.2) is 67.3 Å². The Morgan fingerprint density at radius 2 is 1.90 bits per heavy atom. The summed E-state index contributed by atoms with van der Waals surface area (Å²) in [6.07, 6.45) is -3.72. The van der Waals surface area contributed by atoms with E-state index >= 15 is 0 Å². The minimum absolute atomic E-state index is 0.0102. The van der Waals surface area contributed by atoms with E-state index in [1.54, 1.807) is 26.0 Å². The van der Waals surface area contributed by atoms with Gasteiger partial charge in [0.05, 0.1) is 16.8 Å². The van der Waals surface area contributed by atoms with Gasteiger partial charge >= 0.3 is 6.18 Å². The third-order valence-corrected chi connectivity index (χ3v) is 7.57. The maximum Gasteiger partial charge on any atom is 0.417 e. The van der Waals surface area contributed by atoms with Crippen molar-refractivity contribution in [2.24, 2.45) is 0 Å². The van der Waals surface area contributed by atoms with Gasteiger partial charge in [-0.1, -0.05) is 12.2 Å². The van der Waals surface area contributed by atoms with Crippen LogP contribution in [0.15, 0.2) is 40.8 Å². The third-order valence-electron chi connectivity index (χ3n) is 6.89. The van der Waals surface area contributed by atoms with Crippen molar-refractivity contribution in [3.63, 3.8) is 0 Å². The van der Waals surface area contributed by atoms with Crippen LogP contribution in [0.3, 0.4) is 0 Å². The zero-order valence-electron chi connectivity index (χ0n) is 22.5. The highest BCUT2D eigenvalue weighted by Crippen LogP contribution is 2.42. The minimum Gasteiger partial charge on any atom is -0.546 e. The molecule has 10 nitrogen and oxygen atoms in total. The van der Waals surface area contributed by atoms with E-state index in [-0.39, 0.29) is 23.4 Å². The second-order valence-electron chi connectivity index (χ2n) is 9.94. The first-order valence-electron chi connectivity index (χ1n) is 12.5. The molecular weight excluding hydrogens is 549 g/mol. The molecule has 3 N–H and O–H groups in total. The highest BCUT2D eigenvalue weighted by atomic mass is 32.2. The summed E-state index contributed by atoms with van der Waals surface area (Å²) in [5.74, 6) is -0.794. The molecule has 1 fully saturated rings. The number of amides is 1. The Labute approximate surface area is 232 Å². The van der Waals surface area contributed by atoms with Gasteiger partial charge in [-0.3, -0.25) is 4.79 Å². The Morgan fingerprint density at radius 3 is 2.48 bits per heavy atom. The Hall–Kier alpha value is -3.62. The smallest absolute Gasteiger partial charge is 0.417 e. The number of carbonyl (C=O) groups excluding carboxylic acids is 1. The topological polar surface area (TPSA) is 130 Å². The highest BCUT2D eigenvalue weighted by Gasteiger charge is 2.40. The van der Waals surface area contributed by atoms with Gasteiger partial charge < -0.3 is 34.5 Å². The summed E-state index contributed by atoms with van der Waals surface area (Å²) in [5.41, 5.74) is -1.74. The maximum atomic E-state index is 14.0. The molecule has 1 aromatic carbocycles. The van der Waals surface area contributed by atoms with Crippen molar-refractivity contribution in [3.8, 4) is 5.75 Å². The van der Waals surface area contributed by atoms with Crippen molar-refractivity contribution >= 4 is 34.4 Å². The number of aryl methyl sites for hydroxylation is 1. The SMILES string of the molecule is C=C(C)[C@@H](Nc1n[s+]([O-])nc1Nc1ccc(C(F)(F)F)c(C(=O)N(C)C2CCN(C)CC2)c1O)c1ccc(C)o1. The van der Waals surface area contributed by atoms with Gasteiger partial charge in [-0.15, -0.1) is 0 Å². The van der Waals surface area contributed by atoms with Crippen molar-refractivity contribution in [1.82, 2.24) is 18.5 Å². The second-order valence-corrected chi connectivity index (χ2v) is 10.8. The first-order chi connectivity index (χ1) is 18.8. The quantitative estimate of drug-likeness (QED) is 0.180. The van der Waals surface area contributed by atoms with Crippen LogP contribution >= 0.6 is 11.1 Å². The average Bonchev–Trinajstić information content (AvgIpc) is 3.46. The predicted octanol–water partition coefficient (Wildman–Crippen LogP) is 5.47. The molecule has 1 unspecified atom stereocenters. The number of hydrogen-bond acceptors (Lipinski definition) is 9. The van der Waals surface area contributed by atoms with E-state index in [0.29, 0.717) is 43.0 Å². The predicted molar refractivity (Wildman–Crippen MR) is 144 cm³/mol. The molecule has 0 radical (unpaired) electrons. The molecule has 14 heteroatoms. The van der Waals surface area contributed by atoms with E-state index < -0.39 is 46.1 Å². The number of aromatic hydroxyl groups is 1. The molecule has 3 aromatic rings. The molecular formula is C26H31F3N6O4S. The summed E-state index contributed by atoms with van der Waals surface area (Å²) in [7, 11) is 3.37. The van der Waals surface area contributed by atoms with Gasteiger partial charge in [0.1, 0.15) is 17.6 Å². The Bertz CT molecular complexity index is 1400. The van der Waals surface area contributed by atoms with Gasteiger partial charge in [-0.2, -0.15) is 13.2 Å². The van der Waals surface area contributed by atoms with E-state index in [9.17, 15) is 27.6 Å². The van der Waals surface area contributed by atoms with Gasteiger partial charge in [-0.25, -0.2) is 0 Å². The standard InChI is InChI=1S/C26H31F3N6O4S/c1-14(2)21(19-9-6-15(3)39-19)31-24-23(32-40(38)33-24)30-18-8-7-17(26(27,28)29)20(22(18)36)25(37)35(5)16-10-12-34(4)13-11-16/h6-9,16,21,36H,1,10-13H2,2-5H3,(H,30,32)(H,31,33)/t21-,40?/m1/s1. The lowest BCUT2D eigenvalue weighted by Gasteiger charge is -2.35. The van der Waals surface area contributed by atoms with Crippen LogP contribution in [0, 0.1) is 6.92 Å². The van der Waals surface area contributed by atoms with Gasteiger partial charge in [0.15, 0.2) is 16.9 Å². The van der Waals surface area contributed by atoms with E-state index in [2.05, 4.69) is 30.9 Å². The largest absolute Gasteiger partial charge is 0.546 e. The zero-order chi connectivity index (χ0) is 29.4. The van der Waals surface area contributed by atoms with Crippen LogP contribution in [0.25, 0.3) is 0 Å². The van der Waals surface area contributed by atoms with Crippen molar-refractivity contribution in [2.75, 3.05) is 37.8 Å². The monoisotopic (exact) mass is 580 g/mol. The summed E-state index contributed by atoms with van der Waals surface area (Å²) >= 11 is -2.04. The number of aromatic nitrogens is 2. The molecule has 1 aliphatic heterocycles. The van der Waals surface area contributed by atoms with Crippen LogP contribution < -0.4 is 10.6 Å². The van der Waals surface area contributed by atoms with E-state index in [1.807, 2.05) is 7.05 Å². The van der Waals surface area contributed by atoms with Crippen LogP contribution in [0.4, 0.5) is 30.5 Å². The molecule has 216 valence electrons. The average molecular weight is 581 g/mol. The number of halogens is 3. The Morgan fingerprint density at radius 1 is 1.25 bits per heavy atom. The van der Waals surface area contributed by atoms with Crippen molar-refractivity contribution in [3.05, 3.63) is 59.1 Å². The van der Waals surface area contributed by atoms with Gasteiger partial charge in [0, 0.05) is 21.8 Å². The number of phenolic OH excluding ortho intramolecular Hbond substituents is 1. The van der Waals surface area contributed by atoms with Gasteiger partial charge in [-0.05, 0) is 71.1 Å². The highest BCUT2D eigenvalue weighted by molar-refractivity contribution is 7.14. The Kier molecular flexibility index (Phi) is 8.42. The lowest BCUT2D eigenvalue weighted by Crippen LogP contribution is -2.44.